The molecular formula is C33H47N5O14P2. The van der Waals surface area contributed by atoms with Crippen molar-refractivity contribution >= 4 is 21.5 Å². The third kappa shape index (κ3) is 7.08. The molecule has 1 spiro atoms. The molecule has 8 rings (SSSR count). The van der Waals surface area contributed by atoms with Crippen molar-refractivity contribution in [2.45, 2.75) is 86.2 Å². The maximum Gasteiger partial charge on any atom is 0.478 e. The second kappa shape index (κ2) is 13.7. The van der Waals surface area contributed by atoms with E-state index in [0.29, 0.717) is 5.75 Å². The maximum absolute atomic E-state index is 12.1. The summed E-state index contributed by atoms with van der Waals surface area (Å²) in [6.07, 6.45) is 0.878. The van der Waals surface area contributed by atoms with Gasteiger partial charge in [0, 0.05) is 24.3 Å². The van der Waals surface area contributed by atoms with Crippen LogP contribution in [0.5, 0.6) is 11.5 Å². The summed E-state index contributed by atoms with van der Waals surface area (Å²) in [5.41, 5.74) is 6.71. The number of piperidine rings is 1. The van der Waals surface area contributed by atoms with Crippen molar-refractivity contribution < 1.29 is 66.9 Å². The van der Waals surface area contributed by atoms with Crippen LogP contribution in [-0.4, -0.2) is 121 Å². The number of ether oxygens (including phenoxy) is 2. The number of anilines is 1. The summed E-state index contributed by atoms with van der Waals surface area (Å²) in [5.74, 6) is 1.56. The number of likely N-dealkylation sites (tertiary alicyclic amines) is 1. The topological polar surface area (TPSA) is 269 Å². The number of hydrogen-bond acceptors (Lipinski definition) is 16. The summed E-state index contributed by atoms with van der Waals surface area (Å²) in [6, 6.07) is 5.22. The number of aromatic nitrogens is 2. The van der Waals surface area contributed by atoms with Gasteiger partial charge in [0.1, 0.15) is 30.2 Å². The van der Waals surface area contributed by atoms with Crippen molar-refractivity contribution in [3.63, 3.8) is 0 Å². The third-order valence-corrected chi connectivity index (χ3v) is 13.9. The largest absolute Gasteiger partial charge is 0.752 e. The van der Waals surface area contributed by atoms with Gasteiger partial charge in [-0.1, -0.05) is 12.6 Å². The van der Waals surface area contributed by atoms with Crippen LogP contribution in [0.4, 0.5) is 5.82 Å². The number of rotatable bonds is 10. The van der Waals surface area contributed by atoms with Gasteiger partial charge in [0.2, 0.25) is 0 Å². The molecule has 4 heterocycles. The van der Waals surface area contributed by atoms with Crippen molar-refractivity contribution in [1.29, 1.82) is 0 Å². The van der Waals surface area contributed by atoms with Gasteiger partial charge < -0.3 is 45.4 Å². The molecule has 19 nitrogen and oxygen atoms in total. The highest BCUT2D eigenvalue weighted by Gasteiger charge is 2.72. The monoisotopic (exact) mass is 799 g/mol. The molecule has 2 aromatic rings. The fourth-order valence-electron chi connectivity index (χ4n) is 8.74. The van der Waals surface area contributed by atoms with E-state index in [2.05, 4.69) is 29.9 Å². The first-order chi connectivity index (χ1) is 25.1. The molecule has 1 aromatic heterocycles. The number of aliphatic hydroxyl groups is 3. The number of quaternary nitrogens is 1. The minimum absolute atomic E-state index is 0.0734. The van der Waals surface area contributed by atoms with E-state index in [9.17, 15) is 44.1 Å². The molecular weight excluding hydrogens is 752 g/mol. The van der Waals surface area contributed by atoms with Gasteiger partial charge in [-0.3, -0.25) is 18.6 Å². The van der Waals surface area contributed by atoms with Crippen LogP contribution in [0.15, 0.2) is 41.3 Å². The van der Waals surface area contributed by atoms with Crippen LogP contribution in [-0.2, 0) is 39.2 Å². The zero-order valence-corrected chi connectivity index (χ0v) is 31.9. The Bertz CT molecular complexity index is 1970. The minimum atomic E-state index is -5.23. The zero-order valence-electron chi connectivity index (χ0n) is 30.1. The van der Waals surface area contributed by atoms with Gasteiger partial charge in [0.15, 0.2) is 17.7 Å². The van der Waals surface area contributed by atoms with E-state index >= 15 is 0 Å². The quantitative estimate of drug-likeness (QED) is 0.0811. The van der Waals surface area contributed by atoms with E-state index in [1.165, 1.54) is 51.8 Å². The Morgan fingerprint density at radius 3 is 2.56 bits per heavy atom. The highest BCUT2D eigenvalue weighted by atomic mass is 31.3. The van der Waals surface area contributed by atoms with Gasteiger partial charge in [-0.15, -0.1) is 4.62 Å². The summed E-state index contributed by atoms with van der Waals surface area (Å²) < 4.78 is 48.4. The second-order valence-electron chi connectivity index (χ2n) is 15.8. The Morgan fingerprint density at radius 1 is 1.17 bits per heavy atom. The Labute approximate surface area is 310 Å². The molecule has 2 bridgehead atoms. The number of hydroxylamine groups is 3. The third-order valence-electron chi connectivity index (χ3n) is 11.1. The van der Waals surface area contributed by atoms with E-state index in [-0.39, 0.29) is 23.7 Å². The second-order valence-corrected chi connectivity index (χ2v) is 18.7. The number of aliphatic hydroxyl groups excluding tert-OH is 2. The van der Waals surface area contributed by atoms with E-state index < -0.39 is 68.1 Å². The van der Waals surface area contributed by atoms with Gasteiger partial charge >= 0.3 is 21.3 Å². The molecule has 21 heteroatoms. The zero-order chi connectivity index (χ0) is 39.2. The van der Waals surface area contributed by atoms with Gasteiger partial charge in [-0.25, -0.2) is 13.7 Å². The van der Waals surface area contributed by atoms with Crippen molar-refractivity contribution in [2.75, 3.05) is 46.6 Å². The molecule has 2 saturated heterocycles. The molecule has 1 aromatic carbocycles. The molecule has 298 valence electrons. The van der Waals surface area contributed by atoms with E-state index in [4.69, 9.17) is 15.2 Å². The fraction of sp³-hybridized carbons (Fsp3) is 0.636. The molecule has 0 radical (unpaired) electrons. The van der Waals surface area contributed by atoms with Crippen molar-refractivity contribution in [3.05, 3.63) is 58.2 Å². The number of hydrogen-bond donors (Lipinski definition) is 6. The number of phenols is 1. The Kier molecular flexibility index (Phi) is 10.0. The summed E-state index contributed by atoms with van der Waals surface area (Å²) in [6.45, 7) is 5.55. The SMILES string of the molecule is C=C1CC[C@@]2(O)[C@H]3Cc4ccc(O)c5c4[C@@]2(CCN3CC2CC2)[C@H]1O5.C[N+](C)(C)OP(=O)([O-])OP(=O)(O)OC[C@H]1O[C@@H](n2ccc(N)nc2=O)[C@H](O)[C@@H]1O. The molecule has 2 unspecified atom stereocenters. The molecule has 7 N–H and O–H groups in total. The lowest BCUT2D eigenvalue weighted by Crippen LogP contribution is -2.75. The molecule has 0 amide bonds. The van der Waals surface area contributed by atoms with E-state index in [1.807, 2.05) is 6.07 Å². The van der Waals surface area contributed by atoms with Crippen LogP contribution < -0.4 is 21.1 Å². The highest BCUT2D eigenvalue weighted by Crippen LogP contribution is 2.66. The average molecular weight is 800 g/mol. The number of phenolic OH excluding ortho intramolecular Hbond substituents is 1. The number of nitrogen functional groups attached to an aromatic ring is 1. The first-order valence-corrected chi connectivity index (χ1v) is 20.7. The van der Waals surface area contributed by atoms with E-state index in [1.54, 1.807) is 6.07 Å². The molecule has 54 heavy (non-hydrogen) atoms. The Morgan fingerprint density at radius 2 is 1.89 bits per heavy atom. The first kappa shape index (κ1) is 39.5. The lowest BCUT2D eigenvalue weighted by atomic mass is 9.48. The number of nitrogens with zero attached hydrogens (tertiary/aromatic N) is 4. The Balaban J connectivity index is 0.000000168. The van der Waals surface area contributed by atoms with Gasteiger partial charge in [-0.2, -0.15) is 9.63 Å². The van der Waals surface area contributed by atoms with Crippen molar-refractivity contribution in [2.24, 2.45) is 5.92 Å². The number of aromatic hydroxyl groups is 1. The lowest BCUT2D eigenvalue weighted by Gasteiger charge is -2.63. The molecule has 2 saturated carbocycles. The lowest BCUT2D eigenvalue weighted by molar-refractivity contribution is -1.04. The first-order valence-electron chi connectivity index (χ1n) is 17.7. The number of nitrogens with two attached hydrogens (primary N) is 1. The van der Waals surface area contributed by atoms with Crippen LogP contribution in [0, 0.1) is 5.92 Å². The standard InChI is InChI=1S/C21H25NO3.C12H22N4O11P2/c1-12-6-7-21(24)16-10-14-4-5-15(23)18-17(14)20(21,19(12)25-18)8-9-22(16)11-13-2-3-13;1-16(2,3)26-29(22,23)27-28(20,21)24-6-7-9(17)10(18)11(25-7)15-5-4-8(13)14-12(15)19/h4-5,13,16,19,23-24H,1-3,6-11H2;4-5,7,9-11,17-18H,6H2,1-3H3,(H3-,13,14,19,20,21,22,23)/t16-,19+,20+,21-;7-,9-,10-,11-/m11/s1. The number of phosphoric acid groups is 2. The predicted octanol–water partition coefficient (Wildman–Crippen LogP) is 0.197. The van der Waals surface area contributed by atoms with Gasteiger partial charge in [0.25, 0.3) is 0 Å². The molecule has 10 atom stereocenters. The predicted molar refractivity (Wildman–Crippen MR) is 186 cm³/mol. The van der Waals surface area contributed by atoms with Gasteiger partial charge in [0.05, 0.1) is 38.8 Å². The maximum atomic E-state index is 12.1. The smallest absolute Gasteiger partial charge is 0.478 e. The van der Waals surface area contributed by atoms with Crippen LogP contribution >= 0.6 is 15.6 Å². The summed E-state index contributed by atoms with van der Waals surface area (Å²) >= 11 is 0. The fourth-order valence-corrected chi connectivity index (χ4v) is 11.0. The summed E-state index contributed by atoms with van der Waals surface area (Å²) in [7, 11) is -6.47. The van der Waals surface area contributed by atoms with E-state index in [0.717, 1.165) is 60.4 Å². The molecule has 6 aliphatic rings. The average Bonchev–Trinajstić information content (AvgIpc) is 3.73. The minimum Gasteiger partial charge on any atom is -0.752 e. The highest BCUT2D eigenvalue weighted by molar-refractivity contribution is 7.60. The van der Waals surface area contributed by atoms with Crippen molar-refractivity contribution in [3.8, 4) is 11.5 Å². The normalized spacial score (nSPS) is 34.9. The van der Waals surface area contributed by atoms with Crippen LogP contribution in [0.3, 0.4) is 0 Å². The molecule has 3 aliphatic carbocycles. The van der Waals surface area contributed by atoms with Crippen LogP contribution in [0.1, 0.15) is 49.5 Å². The molecule has 3 aliphatic heterocycles. The Hall–Kier alpha value is -2.74. The number of benzene rings is 1. The van der Waals surface area contributed by atoms with Crippen LogP contribution in [0.2, 0.25) is 0 Å². The molecule has 4 fully saturated rings. The van der Waals surface area contributed by atoms with Gasteiger partial charge in [-0.05, 0) is 74.3 Å². The van der Waals surface area contributed by atoms with Crippen molar-refractivity contribution in [1.82, 2.24) is 14.5 Å². The van der Waals surface area contributed by atoms with Crippen LogP contribution in [0.25, 0.3) is 0 Å². The number of phosphoric ester groups is 1. The summed E-state index contributed by atoms with van der Waals surface area (Å²) in [5, 5.41) is 42.6. The summed E-state index contributed by atoms with van der Waals surface area (Å²) in [4.78, 5) is 39.1.